The number of anilines is 1. The number of nitrogens with zero attached hydrogens (tertiary/aromatic N) is 2. The van der Waals surface area contributed by atoms with Crippen molar-refractivity contribution in [3.8, 4) is 33.7 Å². The van der Waals surface area contributed by atoms with Crippen molar-refractivity contribution in [3.63, 3.8) is 0 Å². The van der Waals surface area contributed by atoms with Crippen LogP contribution in [0.5, 0.6) is 0 Å². The van der Waals surface area contributed by atoms with Crippen LogP contribution in [0.3, 0.4) is 0 Å². The lowest BCUT2D eigenvalue weighted by Gasteiger charge is -2.21. The lowest BCUT2D eigenvalue weighted by Crippen LogP contribution is -2.25. The number of aromatic amines is 1. The summed E-state index contributed by atoms with van der Waals surface area (Å²) in [5.74, 6) is -0.120. The number of furan rings is 1. The van der Waals surface area contributed by atoms with Gasteiger partial charge < -0.3 is 14.3 Å². The van der Waals surface area contributed by atoms with Gasteiger partial charge in [-0.15, -0.1) is 0 Å². The number of carbonyl (C=O) groups is 1. The zero-order valence-corrected chi connectivity index (χ0v) is 25.0. The number of carbonyl (C=O) groups excluding carboxylic acids is 1. The molecule has 0 aliphatic rings. The minimum absolute atomic E-state index is 0.287. The summed E-state index contributed by atoms with van der Waals surface area (Å²) >= 11 is 0. The van der Waals surface area contributed by atoms with E-state index < -0.39 is 15.8 Å². The van der Waals surface area contributed by atoms with E-state index in [-0.39, 0.29) is 5.76 Å². The Kier molecular flexibility index (Phi) is 7.15. The van der Waals surface area contributed by atoms with Crippen LogP contribution in [0, 0.1) is 5.82 Å². The van der Waals surface area contributed by atoms with Gasteiger partial charge in [0.1, 0.15) is 17.2 Å². The Bertz CT molecular complexity index is 2110. The molecule has 0 atom stereocenters. The Balaban J connectivity index is 1.58. The van der Waals surface area contributed by atoms with Crippen LogP contribution in [-0.4, -0.2) is 52.0 Å². The summed E-state index contributed by atoms with van der Waals surface area (Å²) in [6, 6.07) is 25.2. The molecule has 0 aliphatic heterocycles. The quantitative estimate of drug-likeness (QED) is 0.186. The van der Waals surface area contributed by atoms with Gasteiger partial charge >= 0.3 is 0 Å². The molecule has 0 unspecified atom stereocenters. The molecule has 218 valence electrons. The lowest BCUT2D eigenvalue weighted by atomic mass is 9.96. The predicted molar refractivity (Wildman–Crippen MR) is 170 cm³/mol. The average Bonchev–Trinajstić information content (AvgIpc) is 3.53. The van der Waals surface area contributed by atoms with E-state index in [1.165, 1.54) is 23.5 Å². The number of para-hydroxylation sites is 1. The summed E-state index contributed by atoms with van der Waals surface area (Å²) in [6.45, 7) is 0.724. The van der Waals surface area contributed by atoms with Gasteiger partial charge in [0.05, 0.1) is 23.2 Å². The number of rotatable bonds is 8. The summed E-state index contributed by atoms with van der Waals surface area (Å²) in [5, 5.41) is 1.66. The highest BCUT2D eigenvalue weighted by Gasteiger charge is 2.23. The van der Waals surface area contributed by atoms with Gasteiger partial charge in [0.25, 0.3) is 0 Å². The van der Waals surface area contributed by atoms with Crippen LogP contribution in [0.15, 0.2) is 89.3 Å². The second-order valence-corrected chi connectivity index (χ2v) is 12.9. The Labute approximate surface area is 249 Å². The molecule has 0 saturated carbocycles. The number of sulfonamides is 1. The van der Waals surface area contributed by atoms with Gasteiger partial charge in [0.2, 0.25) is 10.0 Å². The number of aldehydes is 1. The molecule has 1 N–H and O–H groups in total. The molecule has 0 radical (unpaired) electrons. The van der Waals surface area contributed by atoms with Crippen molar-refractivity contribution in [2.75, 3.05) is 31.7 Å². The van der Waals surface area contributed by atoms with Crippen LogP contribution in [-0.2, 0) is 16.6 Å². The number of nitrogens with one attached hydrogen (secondary N) is 1. The third kappa shape index (κ3) is 5.22. The number of benzene rings is 4. The molecule has 2 aromatic heterocycles. The average molecular weight is 596 g/mol. The zero-order chi connectivity index (χ0) is 30.5. The summed E-state index contributed by atoms with van der Waals surface area (Å²) < 4.78 is 46.5. The maximum atomic E-state index is 13.6. The van der Waals surface area contributed by atoms with Gasteiger partial charge in [-0.1, -0.05) is 36.4 Å². The van der Waals surface area contributed by atoms with Crippen molar-refractivity contribution < 1.29 is 22.0 Å². The van der Waals surface area contributed by atoms with Crippen LogP contribution in [0.25, 0.3) is 55.6 Å². The summed E-state index contributed by atoms with van der Waals surface area (Å²) in [5.41, 5.74) is 7.06. The number of hydrogen-bond donors (Lipinski definition) is 1. The largest absolute Gasteiger partial charge is 0.455 e. The van der Waals surface area contributed by atoms with E-state index in [0.717, 1.165) is 46.1 Å². The van der Waals surface area contributed by atoms with E-state index in [1.807, 2.05) is 56.6 Å². The third-order valence-corrected chi connectivity index (χ3v) is 8.85. The molecule has 7 nitrogen and oxygen atoms in total. The number of aromatic nitrogens is 1. The highest BCUT2D eigenvalue weighted by atomic mass is 32.2. The van der Waals surface area contributed by atoms with E-state index in [9.17, 15) is 17.6 Å². The third-order valence-electron chi connectivity index (χ3n) is 7.66. The van der Waals surface area contributed by atoms with Crippen molar-refractivity contribution in [1.29, 1.82) is 0 Å². The fourth-order valence-electron chi connectivity index (χ4n) is 5.52. The van der Waals surface area contributed by atoms with Gasteiger partial charge in [0.15, 0.2) is 6.29 Å². The summed E-state index contributed by atoms with van der Waals surface area (Å²) in [4.78, 5) is 18.1. The first-order chi connectivity index (χ1) is 20.5. The van der Waals surface area contributed by atoms with Crippen LogP contribution in [0.4, 0.5) is 10.1 Å². The normalized spacial score (nSPS) is 12.0. The number of hydrogen-bond acceptors (Lipinski definition) is 5. The van der Waals surface area contributed by atoms with E-state index in [0.29, 0.717) is 39.6 Å². The first-order valence-corrected chi connectivity index (χ1v) is 15.5. The van der Waals surface area contributed by atoms with Gasteiger partial charge in [-0.05, 0) is 73.3 Å². The van der Waals surface area contributed by atoms with E-state index in [1.54, 1.807) is 24.3 Å². The Morgan fingerprint density at radius 2 is 1.58 bits per heavy atom. The first kappa shape index (κ1) is 28.4. The van der Waals surface area contributed by atoms with Crippen LogP contribution in [0.2, 0.25) is 0 Å². The van der Waals surface area contributed by atoms with Crippen LogP contribution < -0.4 is 4.31 Å². The molecule has 0 saturated heterocycles. The minimum Gasteiger partial charge on any atom is -0.455 e. The standard InChI is InChI=1S/C34H30FN3O4S/c1-37(2)19-28-25-10-5-6-11-30(25)36-33(28)23-9-7-8-22(16-23)26-17-27-29(20-39)34(21-12-14-24(35)15-13-21)42-32(27)18-31(26)38(3)43(4,40)41/h5-18,20,36H,19H2,1-4H3. The van der Waals surface area contributed by atoms with E-state index in [4.69, 9.17) is 4.42 Å². The topological polar surface area (TPSA) is 86.6 Å². The second-order valence-electron chi connectivity index (χ2n) is 10.9. The highest BCUT2D eigenvalue weighted by molar-refractivity contribution is 7.92. The Morgan fingerprint density at radius 3 is 2.28 bits per heavy atom. The fraction of sp³-hybridized carbons (Fsp3) is 0.147. The van der Waals surface area contributed by atoms with Gasteiger partial charge in [-0.25, -0.2) is 12.8 Å². The Morgan fingerprint density at radius 1 is 0.860 bits per heavy atom. The maximum Gasteiger partial charge on any atom is 0.232 e. The van der Waals surface area contributed by atoms with Crippen molar-refractivity contribution in [1.82, 2.24) is 9.88 Å². The monoisotopic (exact) mass is 595 g/mol. The van der Waals surface area contributed by atoms with Crippen LogP contribution in [0.1, 0.15) is 15.9 Å². The molecule has 0 amide bonds. The molecule has 0 fully saturated rings. The predicted octanol–water partition coefficient (Wildman–Crippen LogP) is 7.32. The molecule has 2 heterocycles. The molecule has 6 rings (SSSR count). The molecule has 4 aromatic carbocycles. The molecule has 9 heteroatoms. The SMILES string of the molecule is CN(C)Cc1c(-c2cccc(-c3cc4c(C=O)c(-c5ccc(F)cc5)oc4cc3N(C)S(C)(=O)=O)c2)[nH]c2ccccc12. The Hall–Kier alpha value is -4.73. The van der Waals surface area contributed by atoms with Crippen molar-refractivity contribution in [2.45, 2.75) is 6.54 Å². The highest BCUT2D eigenvalue weighted by Crippen LogP contribution is 2.42. The molecular formula is C34H30FN3O4S. The lowest BCUT2D eigenvalue weighted by molar-refractivity contribution is 0.112. The zero-order valence-electron chi connectivity index (χ0n) is 24.2. The van der Waals surface area contributed by atoms with Gasteiger partial charge in [0, 0.05) is 47.1 Å². The minimum atomic E-state index is -3.65. The molecule has 0 bridgehead atoms. The molecule has 43 heavy (non-hydrogen) atoms. The number of halogens is 1. The smallest absolute Gasteiger partial charge is 0.232 e. The molecule has 0 spiro atoms. The first-order valence-electron chi connectivity index (χ1n) is 13.7. The second kappa shape index (κ2) is 10.8. The molecule has 0 aliphatic carbocycles. The summed E-state index contributed by atoms with van der Waals surface area (Å²) in [7, 11) is 1.89. The van der Waals surface area contributed by atoms with E-state index >= 15 is 0 Å². The van der Waals surface area contributed by atoms with Gasteiger partial charge in [-0.3, -0.25) is 9.10 Å². The summed E-state index contributed by atoms with van der Waals surface area (Å²) in [6.07, 6.45) is 1.85. The van der Waals surface area contributed by atoms with Crippen molar-refractivity contribution in [3.05, 3.63) is 102 Å². The van der Waals surface area contributed by atoms with Crippen LogP contribution >= 0.6 is 0 Å². The maximum absolute atomic E-state index is 13.6. The molecular weight excluding hydrogens is 565 g/mol. The van der Waals surface area contributed by atoms with Crippen molar-refractivity contribution in [2.24, 2.45) is 0 Å². The van der Waals surface area contributed by atoms with Crippen molar-refractivity contribution >= 4 is 43.9 Å². The van der Waals surface area contributed by atoms with Gasteiger partial charge in [-0.2, -0.15) is 0 Å². The van der Waals surface area contributed by atoms with E-state index in [2.05, 4.69) is 16.0 Å². The fourth-order valence-corrected chi connectivity index (χ4v) is 6.03. The molecule has 6 aromatic rings. The number of H-pyrrole nitrogens is 1. The number of fused-ring (bicyclic) bond motifs is 2.